The van der Waals surface area contributed by atoms with Crippen molar-refractivity contribution < 1.29 is 9.59 Å². The molecule has 2 aliphatic rings. The van der Waals surface area contributed by atoms with Gasteiger partial charge in [-0.15, -0.1) is 0 Å². The molecular formula is C20H24N4O2. The average Bonchev–Trinajstić information content (AvgIpc) is 3.28. The van der Waals surface area contributed by atoms with Crippen LogP contribution in [0, 0.1) is 18.8 Å². The molecule has 0 aliphatic carbocycles. The van der Waals surface area contributed by atoms with Crippen molar-refractivity contribution in [3.05, 3.63) is 53.3 Å². The smallest absolute Gasteiger partial charge is 0.272 e. The van der Waals surface area contributed by atoms with E-state index in [1.165, 1.54) is 11.1 Å². The van der Waals surface area contributed by atoms with E-state index in [0.29, 0.717) is 31.2 Å². The maximum absolute atomic E-state index is 12.9. The highest BCUT2D eigenvalue weighted by atomic mass is 16.2. The largest absolute Gasteiger partial charge is 0.337 e. The number of fused-ring (bicyclic) bond motifs is 1. The molecule has 2 saturated heterocycles. The lowest BCUT2D eigenvalue weighted by Gasteiger charge is -2.30. The van der Waals surface area contributed by atoms with Gasteiger partial charge in [-0.25, -0.2) is 0 Å². The van der Waals surface area contributed by atoms with Crippen molar-refractivity contribution in [2.45, 2.75) is 19.9 Å². The molecule has 0 unspecified atom stereocenters. The van der Waals surface area contributed by atoms with E-state index in [2.05, 4.69) is 24.2 Å². The maximum Gasteiger partial charge on any atom is 0.272 e. The van der Waals surface area contributed by atoms with E-state index in [4.69, 9.17) is 0 Å². The highest BCUT2D eigenvalue weighted by Crippen LogP contribution is 2.45. The number of hydrogen-bond acceptors (Lipinski definition) is 3. The van der Waals surface area contributed by atoms with E-state index in [1.807, 2.05) is 21.9 Å². The molecule has 26 heavy (non-hydrogen) atoms. The third-order valence-electron chi connectivity index (χ3n) is 5.90. The zero-order chi connectivity index (χ0) is 18.4. The second-order valence-corrected chi connectivity index (χ2v) is 7.45. The minimum absolute atomic E-state index is 0.0253. The summed E-state index contributed by atoms with van der Waals surface area (Å²) in [5.74, 6) is 0.729. The first-order valence-electron chi connectivity index (χ1n) is 9.07. The molecule has 1 aromatic heterocycles. The number of rotatable bonds is 2. The van der Waals surface area contributed by atoms with E-state index in [9.17, 15) is 9.59 Å². The van der Waals surface area contributed by atoms with Crippen LogP contribution >= 0.6 is 0 Å². The lowest BCUT2D eigenvalue weighted by Crippen LogP contribution is -2.37. The summed E-state index contributed by atoms with van der Waals surface area (Å²) in [7, 11) is 1.79. The SMILES string of the molecule is CC(=O)N1C[C@H]2CN(C(=O)c3ccnn3C)C[C@H]2[C@@H]1c1ccccc1C. The van der Waals surface area contributed by atoms with Gasteiger partial charge in [0.15, 0.2) is 0 Å². The Bertz CT molecular complexity index is 859. The Morgan fingerprint density at radius 3 is 2.54 bits per heavy atom. The topological polar surface area (TPSA) is 58.4 Å². The summed E-state index contributed by atoms with van der Waals surface area (Å²) < 4.78 is 1.62. The van der Waals surface area contributed by atoms with Crippen LogP contribution in [-0.2, 0) is 11.8 Å². The maximum atomic E-state index is 12.9. The van der Waals surface area contributed by atoms with E-state index < -0.39 is 0 Å². The first-order chi connectivity index (χ1) is 12.5. The summed E-state index contributed by atoms with van der Waals surface area (Å²) in [6.45, 7) is 5.83. The van der Waals surface area contributed by atoms with Crippen molar-refractivity contribution in [2.75, 3.05) is 19.6 Å². The molecule has 0 spiro atoms. The molecule has 1 aromatic carbocycles. The second kappa shape index (κ2) is 6.27. The number of hydrogen-bond donors (Lipinski definition) is 0. The van der Waals surface area contributed by atoms with Gasteiger partial charge < -0.3 is 9.80 Å². The number of likely N-dealkylation sites (tertiary alicyclic amines) is 2. The number of carbonyl (C=O) groups excluding carboxylic acids is 2. The van der Waals surface area contributed by atoms with Crippen molar-refractivity contribution in [1.82, 2.24) is 19.6 Å². The Morgan fingerprint density at radius 1 is 1.12 bits per heavy atom. The van der Waals surface area contributed by atoms with Crippen LogP contribution in [0.5, 0.6) is 0 Å². The van der Waals surface area contributed by atoms with Gasteiger partial charge in [0.1, 0.15) is 5.69 Å². The monoisotopic (exact) mass is 352 g/mol. The first kappa shape index (κ1) is 16.8. The van der Waals surface area contributed by atoms with Gasteiger partial charge in [-0.2, -0.15) is 5.10 Å². The molecule has 2 aromatic rings. The molecule has 2 fully saturated rings. The van der Waals surface area contributed by atoms with Gasteiger partial charge in [-0.1, -0.05) is 24.3 Å². The fourth-order valence-electron chi connectivity index (χ4n) is 4.60. The molecular weight excluding hydrogens is 328 g/mol. The Kier molecular flexibility index (Phi) is 4.05. The lowest BCUT2D eigenvalue weighted by molar-refractivity contribution is -0.130. The molecule has 0 N–H and O–H groups in total. The predicted octanol–water partition coefficient (Wildman–Crippen LogP) is 2.02. The Balaban J connectivity index is 1.63. The van der Waals surface area contributed by atoms with Gasteiger partial charge in [0.25, 0.3) is 5.91 Å². The molecule has 2 amide bonds. The molecule has 0 radical (unpaired) electrons. The molecule has 6 nitrogen and oxygen atoms in total. The average molecular weight is 352 g/mol. The van der Waals surface area contributed by atoms with Crippen LogP contribution in [-0.4, -0.2) is 51.0 Å². The van der Waals surface area contributed by atoms with Crippen LogP contribution in [0.1, 0.15) is 34.6 Å². The highest BCUT2D eigenvalue weighted by Gasteiger charge is 2.49. The molecule has 6 heteroatoms. The predicted molar refractivity (Wildman–Crippen MR) is 97.4 cm³/mol. The number of carbonyl (C=O) groups is 2. The summed E-state index contributed by atoms with van der Waals surface area (Å²) in [5, 5.41) is 4.11. The van der Waals surface area contributed by atoms with Gasteiger partial charge in [0, 0.05) is 51.6 Å². The zero-order valence-electron chi connectivity index (χ0n) is 15.4. The molecule has 4 rings (SSSR count). The highest BCUT2D eigenvalue weighted by molar-refractivity contribution is 5.92. The minimum atomic E-state index is 0.0253. The molecule has 0 saturated carbocycles. The van der Waals surface area contributed by atoms with Crippen molar-refractivity contribution >= 4 is 11.8 Å². The van der Waals surface area contributed by atoms with Crippen molar-refractivity contribution in [2.24, 2.45) is 18.9 Å². The summed E-state index contributed by atoms with van der Waals surface area (Å²) in [4.78, 5) is 29.0. The molecule has 2 aliphatic heterocycles. The minimum Gasteiger partial charge on any atom is -0.337 e. The van der Waals surface area contributed by atoms with Gasteiger partial charge in [0.2, 0.25) is 5.91 Å². The normalized spacial score (nSPS) is 24.8. The van der Waals surface area contributed by atoms with Crippen molar-refractivity contribution in [3.63, 3.8) is 0 Å². The fraction of sp³-hybridized carbons (Fsp3) is 0.450. The summed E-state index contributed by atoms with van der Waals surface area (Å²) >= 11 is 0. The third-order valence-corrected chi connectivity index (χ3v) is 5.90. The molecule has 3 heterocycles. The van der Waals surface area contributed by atoms with E-state index >= 15 is 0 Å². The standard InChI is InChI=1S/C20H24N4O2/c1-13-6-4-5-7-16(13)19-17-12-23(10-15(17)11-24(19)14(2)25)20(26)18-8-9-21-22(18)3/h4-9,15,17,19H,10-12H2,1-3H3/t15-,17-,19+/m1/s1. The summed E-state index contributed by atoms with van der Waals surface area (Å²) in [6.07, 6.45) is 1.65. The Labute approximate surface area is 153 Å². The quantitative estimate of drug-likeness (QED) is 0.831. The summed E-state index contributed by atoms with van der Waals surface area (Å²) in [6, 6.07) is 10.1. The van der Waals surface area contributed by atoms with Crippen LogP contribution in [0.3, 0.4) is 0 Å². The molecule has 136 valence electrons. The Morgan fingerprint density at radius 2 is 1.88 bits per heavy atom. The van der Waals surface area contributed by atoms with Crippen LogP contribution in [0.15, 0.2) is 36.5 Å². The zero-order valence-corrected chi connectivity index (χ0v) is 15.4. The van der Waals surface area contributed by atoms with Crippen molar-refractivity contribution in [1.29, 1.82) is 0 Å². The second-order valence-electron chi connectivity index (χ2n) is 7.45. The van der Waals surface area contributed by atoms with Gasteiger partial charge in [-0.3, -0.25) is 14.3 Å². The van der Waals surface area contributed by atoms with Crippen molar-refractivity contribution in [3.8, 4) is 0 Å². The van der Waals surface area contributed by atoms with Gasteiger partial charge in [0.05, 0.1) is 6.04 Å². The molecule has 3 atom stereocenters. The van der Waals surface area contributed by atoms with Crippen LogP contribution in [0.25, 0.3) is 0 Å². The van der Waals surface area contributed by atoms with Gasteiger partial charge in [-0.05, 0) is 24.1 Å². The number of aryl methyl sites for hydroxylation is 2. The number of aromatic nitrogens is 2. The van der Waals surface area contributed by atoms with Crippen LogP contribution in [0.4, 0.5) is 0 Å². The van der Waals surface area contributed by atoms with E-state index in [0.717, 1.165) is 0 Å². The number of amides is 2. The third kappa shape index (κ3) is 2.60. The Hall–Kier alpha value is -2.63. The van der Waals surface area contributed by atoms with Crippen LogP contribution in [0.2, 0.25) is 0 Å². The lowest BCUT2D eigenvalue weighted by atomic mass is 9.87. The van der Waals surface area contributed by atoms with E-state index in [1.54, 1.807) is 30.9 Å². The molecule has 0 bridgehead atoms. The first-order valence-corrected chi connectivity index (χ1v) is 9.07. The van der Waals surface area contributed by atoms with E-state index in [-0.39, 0.29) is 23.8 Å². The summed E-state index contributed by atoms with van der Waals surface area (Å²) in [5.41, 5.74) is 3.01. The van der Waals surface area contributed by atoms with Gasteiger partial charge >= 0.3 is 0 Å². The fourth-order valence-corrected chi connectivity index (χ4v) is 4.60. The number of benzene rings is 1. The van der Waals surface area contributed by atoms with Crippen LogP contribution < -0.4 is 0 Å². The number of nitrogens with zero attached hydrogens (tertiary/aromatic N) is 4.